The van der Waals surface area contributed by atoms with Crippen LogP contribution in [0.2, 0.25) is 0 Å². The normalized spacial score (nSPS) is 16.1. The maximum atomic E-state index is 13.4. The second kappa shape index (κ2) is 8.61. The van der Waals surface area contributed by atoms with Crippen molar-refractivity contribution in [1.29, 1.82) is 0 Å². The van der Waals surface area contributed by atoms with Crippen LogP contribution in [-0.2, 0) is 12.8 Å². The molecular formula is C26H28N4O2. The van der Waals surface area contributed by atoms with E-state index in [9.17, 15) is 9.59 Å². The minimum atomic E-state index is -0.0509. The van der Waals surface area contributed by atoms with Crippen molar-refractivity contribution in [1.82, 2.24) is 20.0 Å². The summed E-state index contributed by atoms with van der Waals surface area (Å²) in [6.45, 7) is 3.33. The third-order valence-corrected chi connectivity index (χ3v) is 6.56. The molecule has 1 fully saturated rings. The number of amides is 2. The molecule has 1 saturated heterocycles. The highest BCUT2D eigenvalue weighted by Crippen LogP contribution is 2.29. The monoisotopic (exact) mass is 428 g/mol. The molecule has 0 bridgehead atoms. The van der Waals surface area contributed by atoms with Crippen molar-refractivity contribution >= 4 is 11.8 Å². The standard InChI is InChI=1S/C26H28N4O2/c1-18-10-12-21(13-11-18)30-23-9-5-8-22(23)24(28-30)26(32)29-16-14-20(15-17-29)27-25(31)19-6-3-2-4-7-19/h2-4,6-7,10-13,20H,5,8-9,14-17H2,1H3,(H,27,31). The summed E-state index contributed by atoms with van der Waals surface area (Å²) in [5, 5.41) is 7.88. The second-order valence-electron chi connectivity index (χ2n) is 8.78. The van der Waals surface area contributed by atoms with E-state index in [4.69, 9.17) is 5.10 Å². The summed E-state index contributed by atoms with van der Waals surface area (Å²) in [6, 6.07) is 17.6. The molecule has 2 aliphatic rings. The maximum absolute atomic E-state index is 13.4. The van der Waals surface area contributed by atoms with Crippen LogP contribution in [0, 0.1) is 6.92 Å². The number of carbonyl (C=O) groups excluding carboxylic acids is 2. The van der Waals surface area contributed by atoms with Crippen LogP contribution in [0.3, 0.4) is 0 Å². The summed E-state index contributed by atoms with van der Waals surface area (Å²) in [6.07, 6.45) is 4.44. The number of hydrogen-bond acceptors (Lipinski definition) is 3. The van der Waals surface area contributed by atoms with Crippen molar-refractivity contribution in [3.8, 4) is 5.69 Å². The van der Waals surface area contributed by atoms with Gasteiger partial charge in [-0.1, -0.05) is 35.9 Å². The number of carbonyl (C=O) groups is 2. The van der Waals surface area contributed by atoms with Gasteiger partial charge in [-0.25, -0.2) is 4.68 Å². The fourth-order valence-corrected chi connectivity index (χ4v) is 4.74. The first kappa shape index (κ1) is 20.5. The van der Waals surface area contributed by atoms with Crippen LogP contribution >= 0.6 is 0 Å². The molecule has 0 unspecified atom stereocenters. The van der Waals surface area contributed by atoms with Crippen molar-refractivity contribution in [2.75, 3.05) is 13.1 Å². The number of piperidine rings is 1. The lowest BCUT2D eigenvalue weighted by Crippen LogP contribution is -2.46. The van der Waals surface area contributed by atoms with Crippen molar-refractivity contribution in [2.24, 2.45) is 0 Å². The molecule has 1 aliphatic carbocycles. The van der Waals surface area contributed by atoms with Gasteiger partial charge in [0.25, 0.3) is 11.8 Å². The molecule has 2 heterocycles. The molecule has 1 N–H and O–H groups in total. The molecule has 32 heavy (non-hydrogen) atoms. The molecule has 3 aromatic rings. The average Bonchev–Trinajstić information content (AvgIpc) is 3.43. The first-order chi connectivity index (χ1) is 15.6. The lowest BCUT2D eigenvalue weighted by Gasteiger charge is -2.32. The molecule has 5 rings (SSSR count). The Morgan fingerprint density at radius 1 is 0.969 bits per heavy atom. The van der Waals surface area contributed by atoms with E-state index in [2.05, 4.69) is 36.5 Å². The molecule has 0 atom stereocenters. The molecule has 6 nitrogen and oxygen atoms in total. The predicted octanol–water partition coefficient (Wildman–Crippen LogP) is 3.70. The molecule has 1 aliphatic heterocycles. The van der Waals surface area contributed by atoms with Gasteiger partial charge >= 0.3 is 0 Å². The third kappa shape index (κ3) is 3.93. The first-order valence-corrected chi connectivity index (χ1v) is 11.4. The second-order valence-corrected chi connectivity index (χ2v) is 8.78. The van der Waals surface area contributed by atoms with E-state index in [0.29, 0.717) is 24.3 Å². The molecule has 0 saturated carbocycles. The quantitative estimate of drug-likeness (QED) is 0.689. The lowest BCUT2D eigenvalue weighted by molar-refractivity contribution is 0.0691. The number of rotatable bonds is 4. The van der Waals surface area contributed by atoms with Gasteiger partial charge in [0.15, 0.2) is 5.69 Å². The smallest absolute Gasteiger partial charge is 0.274 e. The Bertz CT molecular complexity index is 1130. The number of benzene rings is 2. The van der Waals surface area contributed by atoms with Gasteiger partial charge in [0.1, 0.15) is 0 Å². The van der Waals surface area contributed by atoms with Gasteiger partial charge in [-0.05, 0) is 63.3 Å². The molecule has 164 valence electrons. The van der Waals surface area contributed by atoms with Gasteiger partial charge in [0, 0.05) is 36.0 Å². The van der Waals surface area contributed by atoms with Crippen LogP contribution < -0.4 is 5.32 Å². The molecule has 0 radical (unpaired) electrons. The van der Waals surface area contributed by atoms with E-state index in [1.165, 1.54) is 11.3 Å². The van der Waals surface area contributed by atoms with Crippen LogP contribution in [0.15, 0.2) is 54.6 Å². The van der Waals surface area contributed by atoms with Crippen LogP contribution in [0.5, 0.6) is 0 Å². The molecule has 0 spiro atoms. The van der Waals surface area contributed by atoms with Gasteiger partial charge in [-0.15, -0.1) is 0 Å². The average molecular weight is 429 g/mol. The van der Waals surface area contributed by atoms with Crippen LogP contribution in [0.25, 0.3) is 5.69 Å². The summed E-state index contributed by atoms with van der Waals surface area (Å²) in [4.78, 5) is 27.7. The third-order valence-electron chi connectivity index (χ3n) is 6.56. The van der Waals surface area contributed by atoms with Crippen molar-refractivity contribution in [2.45, 2.75) is 45.1 Å². The highest BCUT2D eigenvalue weighted by atomic mass is 16.2. The summed E-state index contributed by atoms with van der Waals surface area (Å²) in [5.41, 5.74) is 5.76. The van der Waals surface area contributed by atoms with Crippen LogP contribution in [-0.4, -0.2) is 45.6 Å². The van der Waals surface area contributed by atoms with E-state index in [1.807, 2.05) is 39.9 Å². The first-order valence-electron chi connectivity index (χ1n) is 11.4. The Hall–Kier alpha value is -3.41. The maximum Gasteiger partial charge on any atom is 0.274 e. The lowest BCUT2D eigenvalue weighted by atomic mass is 10.0. The highest BCUT2D eigenvalue weighted by molar-refractivity contribution is 5.95. The number of hydrogen-bond donors (Lipinski definition) is 1. The summed E-state index contributed by atoms with van der Waals surface area (Å²) in [5.74, 6) is -0.0353. The van der Waals surface area contributed by atoms with Gasteiger partial charge in [0.2, 0.25) is 0 Å². The number of fused-ring (bicyclic) bond motifs is 1. The minimum Gasteiger partial charge on any atom is -0.349 e. The zero-order valence-electron chi connectivity index (χ0n) is 18.4. The fraction of sp³-hybridized carbons (Fsp3) is 0.346. The Morgan fingerprint density at radius 2 is 1.69 bits per heavy atom. The van der Waals surface area contributed by atoms with Gasteiger partial charge in [0.05, 0.1) is 5.69 Å². The number of nitrogens with one attached hydrogen (secondary N) is 1. The Kier molecular flexibility index (Phi) is 5.52. The van der Waals surface area contributed by atoms with Crippen LogP contribution in [0.1, 0.15) is 56.9 Å². The SMILES string of the molecule is Cc1ccc(-n2nc(C(=O)N3CCC(NC(=O)c4ccccc4)CC3)c3c2CCC3)cc1. The summed E-state index contributed by atoms with van der Waals surface area (Å²) < 4.78 is 1.96. The zero-order valence-corrected chi connectivity index (χ0v) is 18.4. The number of nitrogens with zero attached hydrogens (tertiary/aromatic N) is 3. The van der Waals surface area contributed by atoms with Crippen molar-refractivity contribution in [3.05, 3.63) is 82.7 Å². The molecule has 2 aromatic carbocycles. The van der Waals surface area contributed by atoms with E-state index < -0.39 is 0 Å². The predicted molar refractivity (Wildman–Crippen MR) is 123 cm³/mol. The van der Waals surface area contributed by atoms with Crippen molar-refractivity contribution in [3.63, 3.8) is 0 Å². The van der Waals surface area contributed by atoms with Gasteiger partial charge < -0.3 is 10.2 Å². The van der Waals surface area contributed by atoms with E-state index in [1.54, 1.807) is 0 Å². The van der Waals surface area contributed by atoms with Gasteiger partial charge in [-0.3, -0.25) is 9.59 Å². The van der Waals surface area contributed by atoms with E-state index in [-0.39, 0.29) is 17.9 Å². The van der Waals surface area contributed by atoms with Crippen molar-refractivity contribution < 1.29 is 9.59 Å². The molecular weight excluding hydrogens is 400 g/mol. The highest BCUT2D eigenvalue weighted by Gasteiger charge is 2.31. The largest absolute Gasteiger partial charge is 0.349 e. The molecule has 6 heteroatoms. The van der Waals surface area contributed by atoms with Gasteiger partial charge in [-0.2, -0.15) is 5.10 Å². The number of aromatic nitrogens is 2. The Balaban J connectivity index is 1.27. The number of aryl methyl sites for hydroxylation is 1. The Labute approximate surface area is 188 Å². The van der Waals surface area contributed by atoms with E-state index >= 15 is 0 Å². The summed E-state index contributed by atoms with van der Waals surface area (Å²) >= 11 is 0. The fourth-order valence-electron chi connectivity index (χ4n) is 4.74. The molecule has 2 amide bonds. The number of likely N-dealkylation sites (tertiary alicyclic amines) is 1. The Morgan fingerprint density at radius 3 is 2.41 bits per heavy atom. The van der Waals surface area contributed by atoms with E-state index in [0.717, 1.165) is 43.4 Å². The minimum absolute atomic E-state index is 0.0156. The topological polar surface area (TPSA) is 67.2 Å². The summed E-state index contributed by atoms with van der Waals surface area (Å²) in [7, 11) is 0. The van der Waals surface area contributed by atoms with Crippen LogP contribution in [0.4, 0.5) is 0 Å². The zero-order chi connectivity index (χ0) is 22.1. The molecule has 1 aromatic heterocycles.